The van der Waals surface area contributed by atoms with Crippen molar-refractivity contribution in [2.75, 3.05) is 25.1 Å². The number of nitrogens with zero attached hydrogens (tertiary/aromatic N) is 1. The molecule has 7 heteroatoms. The van der Waals surface area contributed by atoms with Crippen LogP contribution in [0.3, 0.4) is 0 Å². The van der Waals surface area contributed by atoms with E-state index in [2.05, 4.69) is 5.32 Å². The normalized spacial score (nSPS) is 18.4. The van der Waals surface area contributed by atoms with E-state index < -0.39 is 12.0 Å². The fraction of sp³-hybridized carbons (Fsp3) is 0.818. The van der Waals surface area contributed by atoms with Crippen LogP contribution in [0.1, 0.15) is 19.3 Å². The summed E-state index contributed by atoms with van der Waals surface area (Å²) in [6.07, 6.45) is 3.90. The van der Waals surface area contributed by atoms with E-state index in [0.29, 0.717) is 25.3 Å². The lowest BCUT2D eigenvalue weighted by molar-refractivity contribution is -0.139. The summed E-state index contributed by atoms with van der Waals surface area (Å²) in [6, 6.07) is -0.947. The molecule has 104 valence electrons. The molecule has 1 unspecified atom stereocenters. The fourth-order valence-electron chi connectivity index (χ4n) is 1.84. The van der Waals surface area contributed by atoms with Gasteiger partial charge in [-0.15, -0.1) is 0 Å². The van der Waals surface area contributed by atoms with Crippen LogP contribution in [0.2, 0.25) is 0 Å². The summed E-state index contributed by atoms with van der Waals surface area (Å²) in [6.45, 7) is 1.20. The molecule has 1 saturated heterocycles. The Morgan fingerprint density at radius 1 is 1.50 bits per heavy atom. The third-order valence-electron chi connectivity index (χ3n) is 3.03. The van der Waals surface area contributed by atoms with E-state index in [4.69, 9.17) is 10.8 Å². The lowest BCUT2D eigenvalue weighted by atomic mass is 10.1. The topological polar surface area (TPSA) is 95.7 Å². The Hall–Kier alpha value is -0.950. The van der Waals surface area contributed by atoms with Gasteiger partial charge in [-0.25, -0.2) is 9.59 Å². The van der Waals surface area contributed by atoms with Crippen LogP contribution in [-0.4, -0.2) is 59.2 Å². The SMILES string of the molecule is CSCCC(NC(=O)N1CCC(N)CC1)C(=O)O. The van der Waals surface area contributed by atoms with Crippen LogP contribution in [0.25, 0.3) is 0 Å². The molecule has 4 N–H and O–H groups in total. The summed E-state index contributed by atoms with van der Waals surface area (Å²) in [5.74, 6) is -0.270. The van der Waals surface area contributed by atoms with E-state index in [1.807, 2.05) is 6.26 Å². The minimum absolute atomic E-state index is 0.154. The maximum Gasteiger partial charge on any atom is 0.326 e. The molecular formula is C11H21N3O3S. The standard InChI is InChI=1S/C11H21N3O3S/c1-18-7-4-9(10(15)16)13-11(17)14-5-2-8(12)3-6-14/h8-9H,2-7,12H2,1H3,(H,13,17)(H,15,16). The average Bonchev–Trinajstić information content (AvgIpc) is 2.34. The van der Waals surface area contributed by atoms with Gasteiger partial charge in [-0.3, -0.25) is 0 Å². The molecule has 0 aromatic heterocycles. The molecule has 18 heavy (non-hydrogen) atoms. The molecule has 1 heterocycles. The van der Waals surface area contributed by atoms with Crippen molar-refractivity contribution in [2.45, 2.75) is 31.3 Å². The molecule has 1 fully saturated rings. The summed E-state index contributed by atoms with van der Waals surface area (Å²) in [5, 5.41) is 11.6. The van der Waals surface area contributed by atoms with Gasteiger partial charge in [0.15, 0.2) is 0 Å². The largest absolute Gasteiger partial charge is 0.480 e. The first-order chi connectivity index (χ1) is 8.54. The predicted molar refractivity (Wildman–Crippen MR) is 71.7 cm³/mol. The number of urea groups is 1. The number of nitrogens with one attached hydrogen (secondary N) is 1. The van der Waals surface area contributed by atoms with Gasteiger partial charge in [-0.2, -0.15) is 11.8 Å². The minimum Gasteiger partial charge on any atom is -0.480 e. The van der Waals surface area contributed by atoms with Crippen molar-refractivity contribution in [3.8, 4) is 0 Å². The number of thioether (sulfide) groups is 1. The Morgan fingerprint density at radius 2 is 2.11 bits per heavy atom. The lowest BCUT2D eigenvalue weighted by Gasteiger charge is -2.31. The number of amides is 2. The summed E-state index contributed by atoms with van der Waals surface area (Å²) < 4.78 is 0. The number of nitrogens with two attached hydrogens (primary N) is 1. The zero-order valence-corrected chi connectivity index (χ0v) is 11.4. The molecule has 0 aromatic rings. The van der Waals surface area contributed by atoms with Crippen LogP contribution in [0.15, 0.2) is 0 Å². The molecular weight excluding hydrogens is 254 g/mol. The van der Waals surface area contributed by atoms with Gasteiger partial charge >= 0.3 is 12.0 Å². The Balaban J connectivity index is 2.42. The Morgan fingerprint density at radius 3 is 2.61 bits per heavy atom. The number of piperidine rings is 1. The molecule has 6 nitrogen and oxygen atoms in total. The molecule has 0 aromatic carbocycles. The molecule has 0 radical (unpaired) electrons. The van der Waals surface area contributed by atoms with Gasteiger partial charge in [0.05, 0.1) is 0 Å². The summed E-state index contributed by atoms with van der Waals surface area (Å²) in [4.78, 5) is 24.5. The number of hydrogen-bond donors (Lipinski definition) is 3. The van der Waals surface area contributed by atoms with Crippen LogP contribution < -0.4 is 11.1 Å². The highest BCUT2D eigenvalue weighted by Crippen LogP contribution is 2.09. The van der Waals surface area contributed by atoms with Gasteiger partial charge < -0.3 is 21.1 Å². The number of carboxylic acids is 1. The average molecular weight is 275 g/mol. The number of carboxylic acid groups (broad SMARTS) is 1. The van der Waals surface area contributed by atoms with Crippen molar-refractivity contribution in [1.82, 2.24) is 10.2 Å². The minimum atomic E-state index is -0.980. The van der Waals surface area contributed by atoms with E-state index in [1.54, 1.807) is 16.7 Å². The second-order valence-corrected chi connectivity index (χ2v) is 5.43. The fourth-order valence-corrected chi connectivity index (χ4v) is 2.31. The van der Waals surface area contributed by atoms with Gasteiger partial charge in [0.25, 0.3) is 0 Å². The maximum absolute atomic E-state index is 11.9. The molecule has 1 atom stereocenters. The van der Waals surface area contributed by atoms with E-state index >= 15 is 0 Å². The van der Waals surface area contributed by atoms with E-state index in [0.717, 1.165) is 12.8 Å². The van der Waals surface area contributed by atoms with Gasteiger partial charge in [-0.05, 0) is 31.3 Å². The van der Waals surface area contributed by atoms with Crippen molar-refractivity contribution >= 4 is 23.8 Å². The highest BCUT2D eigenvalue weighted by atomic mass is 32.2. The number of hydrogen-bond acceptors (Lipinski definition) is 4. The van der Waals surface area contributed by atoms with Crippen molar-refractivity contribution in [3.63, 3.8) is 0 Å². The highest BCUT2D eigenvalue weighted by molar-refractivity contribution is 7.98. The van der Waals surface area contributed by atoms with Gasteiger partial charge in [0.2, 0.25) is 0 Å². The molecule has 0 spiro atoms. The first-order valence-corrected chi connectivity index (χ1v) is 7.46. The Labute approximate surface area is 111 Å². The summed E-state index contributed by atoms with van der Waals surface area (Å²) >= 11 is 1.57. The lowest BCUT2D eigenvalue weighted by Crippen LogP contribution is -2.51. The molecule has 2 amide bonds. The number of aliphatic carboxylic acids is 1. The van der Waals surface area contributed by atoms with Crippen LogP contribution >= 0.6 is 11.8 Å². The Bertz CT molecular complexity index is 293. The zero-order valence-electron chi connectivity index (χ0n) is 10.6. The summed E-state index contributed by atoms with van der Waals surface area (Å²) in [7, 11) is 0. The monoisotopic (exact) mass is 275 g/mol. The molecule has 0 bridgehead atoms. The third-order valence-corrected chi connectivity index (χ3v) is 3.68. The van der Waals surface area contributed by atoms with Gasteiger partial charge in [-0.1, -0.05) is 0 Å². The summed E-state index contributed by atoms with van der Waals surface area (Å²) in [5.41, 5.74) is 5.76. The van der Waals surface area contributed by atoms with Crippen molar-refractivity contribution in [1.29, 1.82) is 0 Å². The molecule has 1 aliphatic heterocycles. The van der Waals surface area contributed by atoms with Crippen LogP contribution in [0.5, 0.6) is 0 Å². The smallest absolute Gasteiger partial charge is 0.326 e. The van der Waals surface area contributed by atoms with Crippen LogP contribution in [0, 0.1) is 0 Å². The van der Waals surface area contributed by atoms with Crippen LogP contribution in [0.4, 0.5) is 4.79 Å². The van der Waals surface area contributed by atoms with Gasteiger partial charge in [0.1, 0.15) is 6.04 Å². The van der Waals surface area contributed by atoms with Gasteiger partial charge in [0, 0.05) is 19.1 Å². The van der Waals surface area contributed by atoms with Crippen LogP contribution in [-0.2, 0) is 4.79 Å². The Kier molecular flexibility index (Phi) is 6.28. The quantitative estimate of drug-likeness (QED) is 0.672. The predicted octanol–water partition coefficient (Wildman–Crippen LogP) is 0.325. The highest BCUT2D eigenvalue weighted by Gasteiger charge is 2.25. The van der Waals surface area contributed by atoms with Crippen molar-refractivity contribution in [2.24, 2.45) is 5.73 Å². The van der Waals surface area contributed by atoms with E-state index in [1.165, 1.54) is 0 Å². The van der Waals surface area contributed by atoms with Crippen molar-refractivity contribution < 1.29 is 14.7 Å². The second kappa shape index (κ2) is 7.48. The zero-order chi connectivity index (χ0) is 13.5. The van der Waals surface area contributed by atoms with Crippen molar-refractivity contribution in [3.05, 3.63) is 0 Å². The third kappa shape index (κ3) is 4.73. The number of carbonyl (C=O) groups is 2. The molecule has 0 aliphatic carbocycles. The second-order valence-electron chi connectivity index (χ2n) is 4.45. The number of carbonyl (C=O) groups excluding carboxylic acids is 1. The number of likely N-dealkylation sites (tertiary alicyclic amines) is 1. The van der Waals surface area contributed by atoms with E-state index in [-0.39, 0.29) is 12.1 Å². The maximum atomic E-state index is 11.9. The molecule has 1 aliphatic rings. The first-order valence-electron chi connectivity index (χ1n) is 6.07. The molecule has 1 rings (SSSR count). The first kappa shape index (κ1) is 15.1. The number of rotatable bonds is 5. The van der Waals surface area contributed by atoms with E-state index in [9.17, 15) is 9.59 Å². The molecule has 0 saturated carbocycles.